The normalized spacial score (nSPS) is 13.0. The van der Waals surface area contributed by atoms with E-state index in [9.17, 15) is 9.59 Å². The number of thiophene rings is 1. The van der Waals surface area contributed by atoms with Crippen LogP contribution >= 0.6 is 23.1 Å². The molecule has 136 valence electrons. The molecule has 0 unspecified atom stereocenters. The summed E-state index contributed by atoms with van der Waals surface area (Å²) < 4.78 is 1.60. The molecule has 0 aliphatic heterocycles. The fourth-order valence-corrected chi connectivity index (χ4v) is 4.36. The Morgan fingerprint density at radius 3 is 2.64 bits per heavy atom. The lowest BCUT2D eigenvalue weighted by Gasteiger charge is -2.23. The molecule has 2 rings (SSSR count). The molecule has 0 spiro atoms. The Morgan fingerprint density at radius 2 is 2.08 bits per heavy atom. The Kier molecular flexibility index (Phi) is 5.79. The molecule has 0 saturated heterocycles. The van der Waals surface area contributed by atoms with Crippen molar-refractivity contribution >= 4 is 39.2 Å². The largest absolute Gasteiger partial charge is 0.351 e. The zero-order valence-electron chi connectivity index (χ0n) is 15.6. The van der Waals surface area contributed by atoms with Crippen LogP contribution in [0.25, 0.3) is 10.2 Å². The van der Waals surface area contributed by atoms with Crippen LogP contribution in [0.15, 0.2) is 22.6 Å². The van der Waals surface area contributed by atoms with Crippen molar-refractivity contribution in [3.63, 3.8) is 0 Å². The highest BCUT2D eigenvalue weighted by Crippen LogP contribution is 2.29. The molecule has 1 N–H and O–H groups in total. The van der Waals surface area contributed by atoms with Crippen molar-refractivity contribution in [2.24, 2.45) is 0 Å². The summed E-state index contributed by atoms with van der Waals surface area (Å²) in [5.41, 5.74) is 0.606. The molecule has 0 fully saturated rings. The van der Waals surface area contributed by atoms with E-state index >= 15 is 0 Å². The van der Waals surface area contributed by atoms with Crippen molar-refractivity contribution in [1.29, 1.82) is 0 Å². The third-order valence-electron chi connectivity index (χ3n) is 3.72. The highest BCUT2D eigenvalue weighted by atomic mass is 32.2. The number of aryl methyl sites for hydroxylation is 2. The molecular weight excluding hydrogens is 354 g/mol. The van der Waals surface area contributed by atoms with Crippen molar-refractivity contribution in [2.45, 2.75) is 64.0 Å². The maximum atomic E-state index is 12.9. The van der Waals surface area contributed by atoms with E-state index in [2.05, 4.69) is 16.9 Å². The molecule has 2 aromatic rings. The minimum atomic E-state index is -0.359. The van der Waals surface area contributed by atoms with Gasteiger partial charge in [0.05, 0.1) is 10.6 Å². The fraction of sp³-hybridized carbons (Fsp3) is 0.500. The van der Waals surface area contributed by atoms with Gasteiger partial charge in [0.2, 0.25) is 5.91 Å². The minimum Gasteiger partial charge on any atom is -0.351 e. The number of rotatable bonds is 5. The summed E-state index contributed by atoms with van der Waals surface area (Å²) in [6.07, 6.45) is 1.67. The number of aromatic nitrogens is 2. The molecule has 0 aliphatic carbocycles. The van der Waals surface area contributed by atoms with Gasteiger partial charge in [-0.25, -0.2) is 4.98 Å². The average molecular weight is 380 g/mol. The van der Waals surface area contributed by atoms with Crippen LogP contribution in [0.4, 0.5) is 0 Å². The van der Waals surface area contributed by atoms with Crippen molar-refractivity contribution in [3.8, 4) is 0 Å². The van der Waals surface area contributed by atoms with E-state index < -0.39 is 0 Å². The Hall–Kier alpha value is -1.60. The standard InChI is InChI=1S/C18H25N3O2S2/c1-8-9-21-16(23)13-10(2)11(3)24-15(13)19-17(21)25-12(4)14(22)20-18(5,6)7/h8,12H,1,9H2,2-7H3,(H,20,22)/t12-/m1/s1. The van der Waals surface area contributed by atoms with Crippen LogP contribution in [0, 0.1) is 13.8 Å². The van der Waals surface area contributed by atoms with Crippen molar-refractivity contribution in [2.75, 3.05) is 0 Å². The van der Waals surface area contributed by atoms with Gasteiger partial charge in [0.15, 0.2) is 5.16 Å². The van der Waals surface area contributed by atoms with Gasteiger partial charge < -0.3 is 5.32 Å². The van der Waals surface area contributed by atoms with Gasteiger partial charge in [-0.15, -0.1) is 17.9 Å². The lowest BCUT2D eigenvalue weighted by atomic mass is 10.1. The second-order valence-corrected chi connectivity index (χ2v) is 9.57. The van der Waals surface area contributed by atoms with E-state index in [1.54, 1.807) is 10.6 Å². The predicted molar refractivity (Wildman–Crippen MR) is 107 cm³/mol. The molecule has 2 aromatic heterocycles. The van der Waals surface area contributed by atoms with Gasteiger partial charge in [0.1, 0.15) is 4.83 Å². The number of hydrogen-bond donors (Lipinski definition) is 1. The zero-order valence-corrected chi connectivity index (χ0v) is 17.2. The number of thioether (sulfide) groups is 1. The van der Waals surface area contributed by atoms with Crippen LogP contribution in [0.3, 0.4) is 0 Å². The van der Waals surface area contributed by atoms with E-state index in [4.69, 9.17) is 0 Å². The zero-order chi connectivity index (χ0) is 18.9. The van der Waals surface area contributed by atoms with E-state index in [1.807, 2.05) is 41.5 Å². The Morgan fingerprint density at radius 1 is 1.44 bits per heavy atom. The molecule has 2 heterocycles. The van der Waals surface area contributed by atoms with Crippen molar-refractivity contribution < 1.29 is 4.79 Å². The molecule has 0 radical (unpaired) electrons. The molecule has 0 saturated carbocycles. The molecule has 0 aliphatic rings. The number of nitrogens with one attached hydrogen (secondary N) is 1. The highest BCUT2D eigenvalue weighted by Gasteiger charge is 2.23. The van der Waals surface area contributed by atoms with Crippen LogP contribution in [-0.2, 0) is 11.3 Å². The third-order valence-corrected chi connectivity index (χ3v) is 5.91. The number of carbonyl (C=O) groups is 1. The van der Waals surface area contributed by atoms with E-state index in [1.165, 1.54) is 23.1 Å². The second kappa shape index (κ2) is 7.33. The van der Waals surface area contributed by atoms with Crippen LogP contribution in [-0.4, -0.2) is 26.2 Å². The summed E-state index contributed by atoms with van der Waals surface area (Å²) in [5, 5.41) is 3.82. The second-order valence-electron chi connectivity index (χ2n) is 7.06. The first kappa shape index (κ1) is 19.7. The SMILES string of the molecule is C=CCn1c(S[C@H](C)C(=O)NC(C)(C)C)nc2sc(C)c(C)c2c1=O. The van der Waals surface area contributed by atoms with Gasteiger partial charge in [0.25, 0.3) is 5.56 Å². The topological polar surface area (TPSA) is 64.0 Å². The number of nitrogens with zero attached hydrogens (tertiary/aromatic N) is 2. The molecular formula is C18H25N3O2S2. The van der Waals surface area contributed by atoms with Crippen LogP contribution in [0.5, 0.6) is 0 Å². The van der Waals surface area contributed by atoms with Crippen LogP contribution < -0.4 is 10.9 Å². The van der Waals surface area contributed by atoms with Crippen LogP contribution in [0.2, 0.25) is 0 Å². The van der Waals surface area contributed by atoms with Crippen molar-refractivity contribution in [1.82, 2.24) is 14.9 Å². The molecule has 0 bridgehead atoms. The quantitative estimate of drug-likeness (QED) is 0.489. The summed E-state index contributed by atoms with van der Waals surface area (Å²) in [7, 11) is 0. The molecule has 5 nitrogen and oxygen atoms in total. The number of fused-ring (bicyclic) bond motifs is 1. The summed E-state index contributed by atoms with van der Waals surface area (Å²) in [6, 6.07) is 0. The van der Waals surface area contributed by atoms with Gasteiger partial charge in [-0.05, 0) is 47.1 Å². The van der Waals surface area contributed by atoms with E-state index in [0.717, 1.165) is 15.3 Å². The van der Waals surface area contributed by atoms with Gasteiger partial charge in [-0.2, -0.15) is 0 Å². The highest BCUT2D eigenvalue weighted by molar-refractivity contribution is 8.00. The average Bonchev–Trinajstić information content (AvgIpc) is 2.76. The number of carbonyl (C=O) groups excluding carboxylic acids is 1. The van der Waals surface area contributed by atoms with Gasteiger partial charge in [-0.3, -0.25) is 14.2 Å². The summed E-state index contributed by atoms with van der Waals surface area (Å²) in [5.74, 6) is -0.0736. The molecule has 1 atom stereocenters. The lowest BCUT2D eigenvalue weighted by Crippen LogP contribution is -2.44. The summed E-state index contributed by atoms with van der Waals surface area (Å²) in [4.78, 5) is 31.8. The fourth-order valence-electron chi connectivity index (χ4n) is 2.37. The molecule has 25 heavy (non-hydrogen) atoms. The molecule has 0 aromatic carbocycles. The van der Waals surface area contributed by atoms with E-state index in [0.29, 0.717) is 17.1 Å². The predicted octanol–water partition coefficient (Wildman–Crippen LogP) is 3.66. The Bertz CT molecular complexity index is 875. The van der Waals surface area contributed by atoms with Gasteiger partial charge in [0, 0.05) is 17.0 Å². The first-order chi connectivity index (χ1) is 11.5. The van der Waals surface area contributed by atoms with E-state index in [-0.39, 0.29) is 22.3 Å². The van der Waals surface area contributed by atoms with Crippen LogP contribution in [0.1, 0.15) is 38.1 Å². The Labute approximate surface area is 156 Å². The maximum Gasteiger partial charge on any atom is 0.263 e. The maximum absolute atomic E-state index is 12.9. The van der Waals surface area contributed by atoms with Gasteiger partial charge in [-0.1, -0.05) is 17.8 Å². The summed E-state index contributed by atoms with van der Waals surface area (Å²) in [6.45, 7) is 15.7. The number of amides is 1. The van der Waals surface area contributed by atoms with Crippen molar-refractivity contribution in [3.05, 3.63) is 33.4 Å². The lowest BCUT2D eigenvalue weighted by molar-refractivity contribution is -0.121. The summed E-state index contributed by atoms with van der Waals surface area (Å²) >= 11 is 2.82. The first-order valence-corrected chi connectivity index (χ1v) is 9.85. The molecule has 1 amide bonds. The smallest absolute Gasteiger partial charge is 0.263 e. The number of allylic oxidation sites excluding steroid dienone is 1. The van der Waals surface area contributed by atoms with Gasteiger partial charge >= 0.3 is 0 Å². The first-order valence-electron chi connectivity index (χ1n) is 8.15. The molecule has 7 heteroatoms. The Balaban J connectivity index is 2.46. The number of hydrogen-bond acceptors (Lipinski definition) is 5. The minimum absolute atomic E-state index is 0.0716. The monoisotopic (exact) mass is 379 g/mol. The third kappa shape index (κ3) is 4.33.